The number of aromatic carboxylic acids is 1. The van der Waals surface area contributed by atoms with Gasteiger partial charge < -0.3 is 19.3 Å². The summed E-state index contributed by atoms with van der Waals surface area (Å²) in [6.45, 7) is 2.75. The van der Waals surface area contributed by atoms with Crippen molar-refractivity contribution in [1.29, 1.82) is 0 Å². The number of morpholine rings is 1. The molecule has 142 valence electrons. The third-order valence-electron chi connectivity index (χ3n) is 5.29. The molecule has 2 aliphatic rings. The number of benzene rings is 1. The second-order valence-corrected chi connectivity index (χ2v) is 7.09. The largest absolute Gasteiger partial charge is 0.478 e. The first-order valence-corrected chi connectivity index (χ1v) is 8.93. The van der Waals surface area contributed by atoms with Crippen LogP contribution < -0.4 is 0 Å². The van der Waals surface area contributed by atoms with Crippen molar-refractivity contribution >= 4 is 11.9 Å². The molecule has 2 fully saturated rings. The second kappa shape index (κ2) is 7.13. The van der Waals surface area contributed by atoms with Crippen LogP contribution >= 0.6 is 0 Å². The number of carboxylic acids is 1. The summed E-state index contributed by atoms with van der Waals surface area (Å²) in [5.41, 5.74) is 1.32. The minimum atomic E-state index is -0.925. The van der Waals surface area contributed by atoms with Gasteiger partial charge in [0.2, 0.25) is 5.91 Å². The Labute approximate surface area is 157 Å². The number of fused-ring (bicyclic) bond motifs is 1. The Bertz CT molecular complexity index is 848. The van der Waals surface area contributed by atoms with Crippen LogP contribution in [0, 0.1) is 0 Å². The SMILES string of the molecule is Cn1ccnc1CN1C(=O)CO[C@H]2CN(Cc3ccc(C(=O)O)cc3)C[C@H]21. The molecule has 1 amide bonds. The van der Waals surface area contributed by atoms with Crippen LogP contribution in [-0.2, 0) is 29.7 Å². The zero-order valence-corrected chi connectivity index (χ0v) is 15.1. The number of imidazole rings is 1. The van der Waals surface area contributed by atoms with Crippen LogP contribution in [0.2, 0.25) is 0 Å². The lowest BCUT2D eigenvalue weighted by molar-refractivity contribution is -0.154. The van der Waals surface area contributed by atoms with Crippen molar-refractivity contribution < 1.29 is 19.4 Å². The fourth-order valence-corrected chi connectivity index (χ4v) is 3.79. The van der Waals surface area contributed by atoms with Crippen molar-refractivity contribution in [2.75, 3.05) is 19.7 Å². The number of carbonyl (C=O) groups is 2. The quantitative estimate of drug-likeness (QED) is 0.835. The van der Waals surface area contributed by atoms with E-state index in [9.17, 15) is 9.59 Å². The maximum atomic E-state index is 12.4. The molecule has 1 N–H and O–H groups in total. The molecule has 0 radical (unpaired) electrons. The van der Waals surface area contributed by atoms with Crippen molar-refractivity contribution in [3.05, 3.63) is 53.6 Å². The highest BCUT2D eigenvalue weighted by atomic mass is 16.5. The fourth-order valence-electron chi connectivity index (χ4n) is 3.79. The molecule has 0 saturated carbocycles. The second-order valence-electron chi connectivity index (χ2n) is 7.09. The zero-order chi connectivity index (χ0) is 19.0. The van der Waals surface area contributed by atoms with E-state index in [1.807, 2.05) is 34.8 Å². The van der Waals surface area contributed by atoms with E-state index in [0.29, 0.717) is 13.1 Å². The summed E-state index contributed by atoms with van der Waals surface area (Å²) < 4.78 is 7.70. The van der Waals surface area contributed by atoms with Gasteiger partial charge in [-0.3, -0.25) is 9.69 Å². The summed E-state index contributed by atoms with van der Waals surface area (Å²) >= 11 is 0. The number of aromatic nitrogens is 2. The van der Waals surface area contributed by atoms with Gasteiger partial charge in [-0.25, -0.2) is 9.78 Å². The summed E-state index contributed by atoms with van der Waals surface area (Å²) in [6.07, 6.45) is 3.60. The lowest BCUT2D eigenvalue weighted by Crippen LogP contribution is -2.53. The Kier molecular flexibility index (Phi) is 4.67. The number of nitrogens with zero attached hydrogens (tertiary/aromatic N) is 4. The first kappa shape index (κ1) is 17.7. The van der Waals surface area contributed by atoms with Crippen LogP contribution in [0.5, 0.6) is 0 Å². The third kappa shape index (κ3) is 3.58. The molecule has 2 aliphatic heterocycles. The molecule has 8 heteroatoms. The van der Waals surface area contributed by atoms with Gasteiger partial charge in [0.25, 0.3) is 0 Å². The number of amides is 1. The first-order chi connectivity index (χ1) is 13.0. The van der Waals surface area contributed by atoms with Gasteiger partial charge >= 0.3 is 5.97 Å². The highest BCUT2D eigenvalue weighted by Gasteiger charge is 2.43. The zero-order valence-electron chi connectivity index (χ0n) is 15.1. The van der Waals surface area contributed by atoms with Crippen molar-refractivity contribution in [2.45, 2.75) is 25.2 Å². The molecule has 8 nitrogen and oxygen atoms in total. The maximum Gasteiger partial charge on any atom is 0.335 e. The lowest BCUT2D eigenvalue weighted by atomic mass is 10.1. The van der Waals surface area contributed by atoms with Gasteiger partial charge in [-0.05, 0) is 17.7 Å². The van der Waals surface area contributed by atoms with Crippen LogP contribution in [0.15, 0.2) is 36.7 Å². The van der Waals surface area contributed by atoms with E-state index >= 15 is 0 Å². The Hall–Kier alpha value is -2.71. The average molecular weight is 370 g/mol. The number of aryl methyl sites for hydroxylation is 1. The van der Waals surface area contributed by atoms with Gasteiger partial charge in [-0.2, -0.15) is 0 Å². The van der Waals surface area contributed by atoms with E-state index in [1.165, 1.54) is 0 Å². The predicted molar refractivity (Wildman–Crippen MR) is 96.0 cm³/mol. The minimum absolute atomic E-state index is 0.00115. The molecule has 0 aliphatic carbocycles. The molecule has 0 spiro atoms. The Morgan fingerprint density at radius 1 is 1.26 bits per heavy atom. The van der Waals surface area contributed by atoms with Crippen LogP contribution in [0.25, 0.3) is 0 Å². The molecular weight excluding hydrogens is 348 g/mol. The highest BCUT2D eigenvalue weighted by Crippen LogP contribution is 2.26. The molecular formula is C19H22N4O4. The van der Waals surface area contributed by atoms with E-state index < -0.39 is 5.97 Å². The van der Waals surface area contributed by atoms with E-state index in [4.69, 9.17) is 9.84 Å². The van der Waals surface area contributed by atoms with Crippen molar-refractivity contribution in [2.24, 2.45) is 7.05 Å². The van der Waals surface area contributed by atoms with E-state index in [0.717, 1.165) is 24.5 Å². The maximum absolute atomic E-state index is 12.4. The normalized spacial score (nSPS) is 22.9. The topological polar surface area (TPSA) is 87.9 Å². The van der Waals surface area contributed by atoms with E-state index in [-0.39, 0.29) is 30.2 Å². The van der Waals surface area contributed by atoms with Crippen molar-refractivity contribution in [1.82, 2.24) is 19.4 Å². The van der Waals surface area contributed by atoms with Crippen molar-refractivity contribution in [3.8, 4) is 0 Å². The summed E-state index contributed by atoms with van der Waals surface area (Å²) in [6, 6.07) is 6.91. The summed E-state index contributed by atoms with van der Waals surface area (Å²) in [5, 5.41) is 9.01. The van der Waals surface area contributed by atoms with Crippen molar-refractivity contribution in [3.63, 3.8) is 0 Å². The number of hydrogen-bond donors (Lipinski definition) is 1. The molecule has 1 aromatic carbocycles. The molecule has 27 heavy (non-hydrogen) atoms. The van der Waals surface area contributed by atoms with Crippen LogP contribution in [0.3, 0.4) is 0 Å². The number of hydrogen-bond acceptors (Lipinski definition) is 5. The minimum Gasteiger partial charge on any atom is -0.478 e. The van der Waals surface area contributed by atoms with Crippen LogP contribution in [-0.4, -0.2) is 68.2 Å². The summed E-state index contributed by atoms with van der Waals surface area (Å²) in [4.78, 5) is 31.9. The number of ether oxygens (including phenoxy) is 1. The number of likely N-dealkylation sites (tertiary alicyclic amines) is 1. The van der Waals surface area contributed by atoms with E-state index in [1.54, 1.807) is 18.3 Å². The number of carboxylic acid groups (broad SMARTS) is 1. The molecule has 2 atom stereocenters. The van der Waals surface area contributed by atoms with Gasteiger partial charge in [0.15, 0.2) is 0 Å². The number of rotatable bonds is 5. The summed E-state index contributed by atoms with van der Waals surface area (Å²) in [5.74, 6) is -0.0794. The Balaban J connectivity index is 1.44. The lowest BCUT2D eigenvalue weighted by Gasteiger charge is -2.36. The number of carbonyl (C=O) groups excluding carboxylic acids is 1. The monoisotopic (exact) mass is 370 g/mol. The average Bonchev–Trinajstić information content (AvgIpc) is 3.24. The molecule has 1 aromatic heterocycles. The van der Waals surface area contributed by atoms with E-state index in [2.05, 4.69) is 9.88 Å². The molecule has 2 aromatic rings. The standard InChI is InChI=1S/C19H22N4O4/c1-21-7-6-20-17(21)11-23-15-9-22(10-16(15)27-12-18(23)24)8-13-2-4-14(5-3-13)19(25)26/h2-7,15-16H,8-12H2,1H3,(H,25,26)/t15-,16+/m1/s1. The predicted octanol–water partition coefficient (Wildman–Crippen LogP) is 0.730. The van der Waals surface area contributed by atoms with Crippen LogP contribution in [0.4, 0.5) is 0 Å². The smallest absolute Gasteiger partial charge is 0.335 e. The summed E-state index contributed by atoms with van der Waals surface area (Å²) in [7, 11) is 1.92. The highest BCUT2D eigenvalue weighted by molar-refractivity contribution is 5.87. The van der Waals surface area contributed by atoms with Gasteiger partial charge in [0, 0.05) is 39.1 Å². The molecule has 3 heterocycles. The molecule has 0 unspecified atom stereocenters. The Morgan fingerprint density at radius 2 is 2.04 bits per heavy atom. The van der Waals surface area contributed by atoms with Crippen LogP contribution in [0.1, 0.15) is 21.7 Å². The van der Waals surface area contributed by atoms with Gasteiger partial charge in [-0.1, -0.05) is 12.1 Å². The first-order valence-electron chi connectivity index (χ1n) is 8.93. The Morgan fingerprint density at radius 3 is 2.70 bits per heavy atom. The van der Waals surface area contributed by atoms with Gasteiger partial charge in [0.05, 0.1) is 24.3 Å². The van der Waals surface area contributed by atoms with Gasteiger partial charge in [-0.15, -0.1) is 0 Å². The molecule has 4 rings (SSSR count). The third-order valence-corrected chi connectivity index (χ3v) is 5.29. The van der Waals surface area contributed by atoms with Gasteiger partial charge in [0.1, 0.15) is 12.4 Å². The molecule has 0 bridgehead atoms. The fraction of sp³-hybridized carbons (Fsp3) is 0.421. The molecule has 2 saturated heterocycles.